The van der Waals surface area contributed by atoms with Crippen LogP contribution in [0.25, 0.3) is 0 Å². The van der Waals surface area contributed by atoms with Gasteiger partial charge in [-0.05, 0) is 45.1 Å². The van der Waals surface area contributed by atoms with E-state index in [9.17, 15) is 4.79 Å². The highest BCUT2D eigenvalue weighted by molar-refractivity contribution is 5.82. The van der Waals surface area contributed by atoms with E-state index in [-0.39, 0.29) is 6.04 Å². The third-order valence-corrected chi connectivity index (χ3v) is 4.19. The SMILES string of the molecule is CCOC1CCN(C(=O)C2NCCCC2C)CC1. The van der Waals surface area contributed by atoms with Crippen molar-refractivity contribution in [2.24, 2.45) is 5.92 Å². The Bertz CT molecular complexity index is 275. The summed E-state index contributed by atoms with van der Waals surface area (Å²) in [4.78, 5) is 14.5. The van der Waals surface area contributed by atoms with E-state index in [0.717, 1.165) is 39.1 Å². The third kappa shape index (κ3) is 3.23. The fraction of sp³-hybridized carbons (Fsp3) is 0.929. The summed E-state index contributed by atoms with van der Waals surface area (Å²) in [6, 6.07) is 0.0439. The molecule has 0 aliphatic carbocycles. The topological polar surface area (TPSA) is 41.6 Å². The van der Waals surface area contributed by atoms with E-state index in [1.165, 1.54) is 12.8 Å². The van der Waals surface area contributed by atoms with Crippen LogP contribution >= 0.6 is 0 Å². The lowest BCUT2D eigenvalue weighted by molar-refractivity contribution is -0.137. The van der Waals surface area contributed by atoms with Crippen molar-refractivity contribution in [2.75, 3.05) is 26.2 Å². The second-order valence-electron chi connectivity index (χ2n) is 5.53. The summed E-state index contributed by atoms with van der Waals surface area (Å²) in [7, 11) is 0. The predicted octanol–water partition coefficient (Wildman–Crippen LogP) is 1.40. The quantitative estimate of drug-likeness (QED) is 0.828. The molecule has 0 aromatic carbocycles. The van der Waals surface area contributed by atoms with E-state index < -0.39 is 0 Å². The first-order valence-electron chi connectivity index (χ1n) is 7.36. The molecule has 2 heterocycles. The highest BCUT2D eigenvalue weighted by Crippen LogP contribution is 2.20. The molecule has 0 saturated carbocycles. The molecule has 4 heteroatoms. The van der Waals surface area contributed by atoms with E-state index in [2.05, 4.69) is 12.2 Å². The highest BCUT2D eigenvalue weighted by Gasteiger charge is 2.32. The van der Waals surface area contributed by atoms with Crippen molar-refractivity contribution in [1.82, 2.24) is 10.2 Å². The van der Waals surface area contributed by atoms with Crippen molar-refractivity contribution < 1.29 is 9.53 Å². The molecule has 18 heavy (non-hydrogen) atoms. The van der Waals surface area contributed by atoms with E-state index in [1.54, 1.807) is 0 Å². The maximum Gasteiger partial charge on any atom is 0.239 e. The molecule has 2 saturated heterocycles. The second kappa shape index (κ2) is 6.53. The molecule has 2 aliphatic rings. The molecule has 2 aliphatic heterocycles. The Labute approximate surface area is 110 Å². The largest absolute Gasteiger partial charge is 0.378 e. The Morgan fingerprint density at radius 3 is 2.67 bits per heavy atom. The molecule has 104 valence electrons. The molecule has 0 aromatic rings. The van der Waals surface area contributed by atoms with Crippen LogP contribution in [0.3, 0.4) is 0 Å². The van der Waals surface area contributed by atoms with Gasteiger partial charge in [0.25, 0.3) is 0 Å². The van der Waals surface area contributed by atoms with Crippen molar-refractivity contribution in [2.45, 2.75) is 51.7 Å². The fourth-order valence-corrected chi connectivity index (χ4v) is 3.06. The number of ether oxygens (including phenoxy) is 1. The standard InChI is InChI=1S/C14H26N2O2/c1-3-18-12-6-9-16(10-7-12)14(17)13-11(2)5-4-8-15-13/h11-13,15H,3-10H2,1-2H3. The molecule has 0 bridgehead atoms. The lowest BCUT2D eigenvalue weighted by Gasteiger charge is -2.37. The molecule has 1 amide bonds. The Kier molecular flexibility index (Phi) is 5.01. The molecule has 1 N–H and O–H groups in total. The molecule has 0 spiro atoms. The average Bonchev–Trinajstić information content (AvgIpc) is 2.40. The summed E-state index contributed by atoms with van der Waals surface area (Å²) in [5, 5.41) is 3.38. The van der Waals surface area contributed by atoms with Crippen molar-refractivity contribution in [3.63, 3.8) is 0 Å². The van der Waals surface area contributed by atoms with E-state index in [1.807, 2.05) is 11.8 Å². The first-order valence-corrected chi connectivity index (χ1v) is 7.36. The van der Waals surface area contributed by atoms with Crippen LogP contribution in [0.5, 0.6) is 0 Å². The van der Waals surface area contributed by atoms with Crippen LogP contribution in [0.1, 0.15) is 39.5 Å². The van der Waals surface area contributed by atoms with Gasteiger partial charge in [0, 0.05) is 19.7 Å². The minimum absolute atomic E-state index is 0.0439. The molecule has 0 aromatic heterocycles. The van der Waals surface area contributed by atoms with Gasteiger partial charge >= 0.3 is 0 Å². The number of likely N-dealkylation sites (tertiary alicyclic amines) is 1. The second-order valence-corrected chi connectivity index (χ2v) is 5.53. The molecular formula is C14H26N2O2. The highest BCUT2D eigenvalue weighted by atomic mass is 16.5. The number of nitrogens with zero attached hydrogens (tertiary/aromatic N) is 1. The van der Waals surface area contributed by atoms with Crippen molar-refractivity contribution in [1.29, 1.82) is 0 Å². The number of rotatable bonds is 3. The molecule has 0 radical (unpaired) electrons. The summed E-state index contributed by atoms with van der Waals surface area (Å²) >= 11 is 0. The minimum Gasteiger partial charge on any atom is -0.378 e. The predicted molar refractivity (Wildman–Crippen MR) is 71.4 cm³/mol. The molecule has 2 unspecified atom stereocenters. The fourth-order valence-electron chi connectivity index (χ4n) is 3.06. The van der Waals surface area contributed by atoms with Crippen LogP contribution in [0, 0.1) is 5.92 Å². The van der Waals surface area contributed by atoms with Gasteiger partial charge in [0.1, 0.15) is 0 Å². The van der Waals surface area contributed by atoms with Gasteiger partial charge in [-0.3, -0.25) is 4.79 Å². The number of piperidine rings is 2. The van der Waals surface area contributed by atoms with Gasteiger partial charge < -0.3 is 15.0 Å². The zero-order valence-corrected chi connectivity index (χ0v) is 11.7. The van der Waals surface area contributed by atoms with Gasteiger partial charge in [-0.1, -0.05) is 6.92 Å². The monoisotopic (exact) mass is 254 g/mol. The van der Waals surface area contributed by atoms with Crippen LogP contribution in [-0.2, 0) is 9.53 Å². The Balaban J connectivity index is 1.83. The number of hydrogen-bond acceptors (Lipinski definition) is 3. The Hall–Kier alpha value is -0.610. The lowest BCUT2D eigenvalue weighted by Crippen LogP contribution is -2.54. The van der Waals surface area contributed by atoms with Crippen LogP contribution in [0.2, 0.25) is 0 Å². The van der Waals surface area contributed by atoms with E-state index in [4.69, 9.17) is 4.74 Å². The lowest BCUT2D eigenvalue weighted by atomic mass is 9.91. The van der Waals surface area contributed by atoms with Crippen molar-refractivity contribution >= 4 is 5.91 Å². The molecule has 2 atom stereocenters. The number of nitrogens with one attached hydrogen (secondary N) is 1. The zero-order chi connectivity index (χ0) is 13.0. The minimum atomic E-state index is 0.0439. The van der Waals surface area contributed by atoms with Gasteiger partial charge in [0.15, 0.2) is 0 Å². The number of amides is 1. The smallest absolute Gasteiger partial charge is 0.239 e. The van der Waals surface area contributed by atoms with Gasteiger partial charge in [-0.2, -0.15) is 0 Å². The molecular weight excluding hydrogens is 228 g/mol. The zero-order valence-electron chi connectivity index (χ0n) is 11.7. The third-order valence-electron chi connectivity index (χ3n) is 4.19. The Morgan fingerprint density at radius 2 is 2.06 bits per heavy atom. The molecule has 4 nitrogen and oxygen atoms in total. The number of carbonyl (C=O) groups excluding carboxylic acids is 1. The normalized spacial score (nSPS) is 30.4. The van der Waals surface area contributed by atoms with E-state index >= 15 is 0 Å². The van der Waals surface area contributed by atoms with Crippen LogP contribution in [0.15, 0.2) is 0 Å². The first kappa shape index (κ1) is 13.8. The summed E-state index contributed by atoms with van der Waals surface area (Å²) < 4.78 is 5.62. The van der Waals surface area contributed by atoms with Crippen LogP contribution < -0.4 is 5.32 Å². The first-order chi connectivity index (χ1) is 8.72. The number of carbonyl (C=O) groups is 1. The summed E-state index contributed by atoms with van der Waals surface area (Å²) in [6.07, 6.45) is 4.69. The van der Waals surface area contributed by atoms with Crippen LogP contribution in [0.4, 0.5) is 0 Å². The van der Waals surface area contributed by atoms with Gasteiger partial charge in [-0.25, -0.2) is 0 Å². The summed E-state index contributed by atoms with van der Waals surface area (Å²) in [5.41, 5.74) is 0. The average molecular weight is 254 g/mol. The van der Waals surface area contributed by atoms with Crippen molar-refractivity contribution in [3.05, 3.63) is 0 Å². The van der Waals surface area contributed by atoms with Gasteiger partial charge in [-0.15, -0.1) is 0 Å². The summed E-state index contributed by atoms with van der Waals surface area (Å²) in [6.45, 7) is 7.69. The van der Waals surface area contributed by atoms with Crippen LogP contribution in [-0.4, -0.2) is 49.2 Å². The number of hydrogen-bond donors (Lipinski definition) is 1. The maximum absolute atomic E-state index is 12.5. The van der Waals surface area contributed by atoms with Gasteiger partial charge in [0.2, 0.25) is 5.91 Å². The molecule has 2 fully saturated rings. The van der Waals surface area contributed by atoms with E-state index in [0.29, 0.717) is 17.9 Å². The summed E-state index contributed by atoms with van der Waals surface area (Å²) in [5.74, 6) is 0.771. The molecule has 2 rings (SSSR count). The van der Waals surface area contributed by atoms with Crippen molar-refractivity contribution in [3.8, 4) is 0 Å². The Morgan fingerprint density at radius 1 is 1.33 bits per heavy atom. The van der Waals surface area contributed by atoms with Gasteiger partial charge in [0.05, 0.1) is 12.1 Å². The maximum atomic E-state index is 12.5.